The maximum absolute atomic E-state index is 12.3. The van der Waals surface area contributed by atoms with Crippen molar-refractivity contribution in [3.8, 4) is 0 Å². The molecule has 116 valence electrons. The molecule has 4 heteroatoms. The third-order valence-corrected chi connectivity index (χ3v) is 3.41. The van der Waals surface area contributed by atoms with E-state index >= 15 is 0 Å². The molecule has 0 saturated heterocycles. The Morgan fingerprint density at radius 2 is 1.90 bits per heavy atom. The summed E-state index contributed by atoms with van der Waals surface area (Å²) in [5.74, 6) is -0.503. The molecule has 0 aromatic heterocycles. The van der Waals surface area contributed by atoms with E-state index in [2.05, 4.69) is 6.92 Å². The normalized spacial score (nSPS) is 11.8. The van der Waals surface area contributed by atoms with Gasteiger partial charge >= 0.3 is 5.97 Å². The summed E-state index contributed by atoms with van der Waals surface area (Å²) in [5, 5.41) is 0. The van der Waals surface area contributed by atoms with Gasteiger partial charge in [0.05, 0.1) is 13.0 Å². The second kappa shape index (κ2) is 9.16. The number of ether oxygens (including phenoxy) is 1. The predicted molar refractivity (Wildman–Crippen MR) is 82.6 cm³/mol. The van der Waals surface area contributed by atoms with Gasteiger partial charge in [-0.3, -0.25) is 9.59 Å². The van der Waals surface area contributed by atoms with Crippen molar-refractivity contribution in [3.63, 3.8) is 0 Å². The minimum absolute atomic E-state index is 0.0939. The molecule has 0 bridgehead atoms. The number of amides is 1. The second-order valence-corrected chi connectivity index (χ2v) is 5.29. The van der Waals surface area contributed by atoms with E-state index in [-0.39, 0.29) is 17.8 Å². The summed E-state index contributed by atoms with van der Waals surface area (Å²) in [6.45, 7) is 4.78. The topological polar surface area (TPSA) is 46.6 Å². The van der Waals surface area contributed by atoms with Gasteiger partial charge in [-0.1, -0.05) is 50.6 Å². The fraction of sp³-hybridized carbons (Fsp3) is 0.529. The van der Waals surface area contributed by atoms with Crippen molar-refractivity contribution in [2.24, 2.45) is 5.92 Å². The first-order chi connectivity index (χ1) is 10.1. The Labute approximate surface area is 127 Å². The zero-order chi connectivity index (χ0) is 15.7. The van der Waals surface area contributed by atoms with Gasteiger partial charge in [0.2, 0.25) is 5.91 Å². The number of methoxy groups -OCH3 is 1. The van der Waals surface area contributed by atoms with Gasteiger partial charge in [0, 0.05) is 19.5 Å². The van der Waals surface area contributed by atoms with Gasteiger partial charge in [0.15, 0.2) is 0 Å². The average Bonchev–Trinajstić information content (AvgIpc) is 2.51. The number of nitrogens with zero attached hydrogens (tertiary/aromatic N) is 1. The molecule has 0 aliphatic rings. The summed E-state index contributed by atoms with van der Waals surface area (Å²) in [7, 11) is 1.37. The molecule has 21 heavy (non-hydrogen) atoms. The Kier molecular flexibility index (Phi) is 7.51. The van der Waals surface area contributed by atoms with E-state index in [1.54, 1.807) is 11.8 Å². The van der Waals surface area contributed by atoms with Crippen LogP contribution < -0.4 is 0 Å². The van der Waals surface area contributed by atoms with Gasteiger partial charge < -0.3 is 9.64 Å². The number of hydrogen-bond donors (Lipinski definition) is 0. The van der Waals surface area contributed by atoms with Crippen molar-refractivity contribution in [1.29, 1.82) is 0 Å². The Bertz CT molecular complexity index is 445. The van der Waals surface area contributed by atoms with E-state index in [1.807, 2.05) is 30.3 Å². The van der Waals surface area contributed by atoms with Crippen molar-refractivity contribution in [1.82, 2.24) is 4.90 Å². The highest BCUT2D eigenvalue weighted by Crippen LogP contribution is 2.11. The van der Waals surface area contributed by atoms with Gasteiger partial charge in [-0.15, -0.1) is 0 Å². The number of carbonyl (C=O) groups is 2. The van der Waals surface area contributed by atoms with Crippen LogP contribution in [0.5, 0.6) is 0 Å². The molecule has 0 aliphatic carbocycles. The molecule has 1 aromatic rings. The van der Waals surface area contributed by atoms with Crippen LogP contribution in [0.3, 0.4) is 0 Å². The summed E-state index contributed by atoms with van der Waals surface area (Å²) in [5.41, 5.74) is 1.07. The number of hydrogen-bond acceptors (Lipinski definition) is 3. The minimum Gasteiger partial charge on any atom is -0.469 e. The van der Waals surface area contributed by atoms with Crippen LogP contribution >= 0.6 is 0 Å². The molecule has 0 radical (unpaired) electrons. The van der Waals surface area contributed by atoms with Crippen molar-refractivity contribution in [2.75, 3.05) is 13.7 Å². The SMILES string of the molecule is CCCCC(=O)N(Cc1ccccc1)CC(C)C(=O)OC. The minimum atomic E-state index is -0.315. The quantitative estimate of drug-likeness (QED) is 0.692. The van der Waals surface area contributed by atoms with E-state index < -0.39 is 0 Å². The fourth-order valence-electron chi connectivity index (χ4n) is 2.15. The first-order valence-corrected chi connectivity index (χ1v) is 7.48. The second-order valence-electron chi connectivity index (χ2n) is 5.29. The molecule has 1 amide bonds. The van der Waals surface area contributed by atoms with Crippen LogP contribution in [-0.2, 0) is 20.9 Å². The van der Waals surface area contributed by atoms with Crippen LogP contribution in [0.15, 0.2) is 30.3 Å². The number of carbonyl (C=O) groups excluding carboxylic acids is 2. The van der Waals surface area contributed by atoms with Crippen molar-refractivity contribution >= 4 is 11.9 Å². The van der Waals surface area contributed by atoms with Gasteiger partial charge in [-0.25, -0.2) is 0 Å². The molecule has 1 aromatic carbocycles. The lowest BCUT2D eigenvalue weighted by atomic mass is 10.1. The van der Waals surface area contributed by atoms with Crippen LogP contribution in [0.4, 0.5) is 0 Å². The molecule has 4 nitrogen and oxygen atoms in total. The standard InChI is InChI=1S/C17H25NO3/c1-4-5-11-16(19)18(12-14(2)17(20)21-3)13-15-9-7-6-8-10-15/h6-10,14H,4-5,11-13H2,1-3H3. The summed E-state index contributed by atoms with van der Waals surface area (Å²) < 4.78 is 4.75. The highest BCUT2D eigenvalue weighted by atomic mass is 16.5. The highest BCUT2D eigenvalue weighted by molar-refractivity contribution is 5.78. The zero-order valence-corrected chi connectivity index (χ0v) is 13.2. The Balaban J connectivity index is 2.74. The molecular weight excluding hydrogens is 266 g/mol. The molecule has 1 rings (SSSR count). The molecule has 0 spiro atoms. The van der Waals surface area contributed by atoms with Crippen LogP contribution in [0.1, 0.15) is 38.7 Å². The number of rotatable bonds is 8. The van der Waals surface area contributed by atoms with E-state index in [4.69, 9.17) is 4.74 Å². The van der Waals surface area contributed by atoms with E-state index in [0.717, 1.165) is 18.4 Å². The first-order valence-electron chi connectivity index (χ1n) is 7.48. The molecule has 0 saturated carbocycles. The lowest BCUT2D eigenvalue weighted by molar-refractivity contribution is -0.146. The van der Waals surface area contributed by atoms with Crippen molar-refractivity contribution in [3.05, 3.63) is 35.9 Å². The third kappa shape index (κ3) is 5.98. The van der Waals surface area contributed by atoms with Gasteiger partial charge in [-0.05, 0) is 12.0 Å². The van der Waals surface area contributed by atoms with Gasteiger partial charge in [-0.2, -0.15) is 0 Å². The van der Waals surface area contributed by atoms with Crippen LogP contribution in [0, 0.1) is 5.92 Å². The van der Waals surface area contributed by atoms with Gasteiger partial charge in [0.25, 0.3) is 0 Å². The summed E-state index contributed by atoms with van der Waals surface area (Å²) >= 11 is 0. The van der Waals surface area contributed by atoms with Gasteiger partial charge in [0.1, 0.15) is 0 Å². The number of esters is 1. The Morgan fingerprint density at radius 1 is 1.24 bits per heavy atom. The smallest absolute Gasteiger partial charge is 0.310 e. The summed E-state index contributed by atoms with van der Waals surface area (Å²) in [6, 6.07) is 9.83. The van der Waals surface area contributed by atoms with Crippen molar-refractivity contribution < 1.29 is 14.3 Å². The first kappa shape index (κ1) is 17.2. The molecule has 0 fully saturated rings. The Morgan fingerprint density at radius 3 is 2.48 bits per heavy atom. The molecular formula is C17H25NO3. The molecule has 0 heterocycles. The van der Waals surface area contributed by atoms with Crippen LogP contribution in [-0.4, -0.2) is 30.4 Å². The average molecular weight is 291 g/mol. The van der Waals surface area contributed by atoms with Crippen molar-refractivity contribution in [2.45, 2.75) is 39.7 Å². The van der Waals surface area contributed by atoms with E-state index in [1.165, 1.54) is 7.11 Å². The van der Waals surface area contributed by atoms with Crippen LogP contribution in [0.2, 0.25) is 0 Å². The lowest BCUT2D eigenvalue weighted by Gasteiger charge is -2.25. The summed E-state index contributed by atoms with van der Waals surface area (Å²) in [6.07, 6.45) is 2.38. The molecule has 1 unspecified atom stereocenters. The largest absolute Gasteiger partial charge is 0.469 e. The van der Waals surface area contributed by atoms with E-state index in [9.17, 15) is 9.59 Å². The van der Waals surface area contributed by atoms with Crippen LogP contribution in [0.25, 0.3) is 0 Å². The number of unbranched alkanes of at least 4 members (excludes halogenated alkanes) is 1. The number of benzene rings is 1. The maximum Gasteiger partial charge on any atom is 0.310 e. The fourth-order valence-corrected chi connectivity index (χ4v) is 2.15. The zero-order valence-electron chi connectivity index (χ0n) is 13.2. The lowest BCUT2D eigenvalue weighted by Crippen LogP contribution is -2.36. The highest BCUT2D eigenvalue weighted by Gasteiger charge is 2.21. The monoisotopic (exact) mass is 291 g/mol. The van der Waals surface area contributed by atoms with E-state index in [0.29, 0.717) is 19.5 Å². The molecule has 0 aliphatic heterocycles. The molecule has 0 N–H and O–H groups in total. The molecule has 1 atom stereocenters. The predicted octanol–water partition coefficient (Wildman–Crippen LogP) is 3.01. The Hall–Kier alpha value is -1.84. The summed E-state index contributed by atoms with van der Waals surface area (Å²) in [4.78, 5) is 25.7. The maximum atomic E-state index is 12.3. The third-order valence-electron chi connectivity index (χ3n) is 3.41.